The number of nitrogens with zero attached hydrogens (tertiary/aromatic N) is 1. The molecule has 0 saturated carbocycles. The number of fused-ring (bicyclic) bond motifs is 9. The van der Waals surface area contributed by atoms with E-state index in [0.29, 0.717) is 0 Å². The van der Waals surface area contributed by atoms with Crippen molar-refractivity contribution in [1.29, 1.82) is 0 Å². The average Bonchev–Trinajstić information content (AvgIpc) is 3.31. The lowest BCUT2D eigenvalue weighted by molar-refractivity contribution is 1.17. The Balaban J connectivity index is 1.29. The van der Waals surface area contributed by atoms with E-state index in [1.54, 1.807) is 0 Å². The van der Waals surface area contributed by atoms with Gasteiger partial charge in [0.15, 0.2) is 0 Å². The van der Waals surface area contributed by atoms with Gasteiger partial charge < -0.3 is 9.88 Å². The van der Waals surface area contributed by atoms with Crippen LogP contribution < -0.4 is 5.32 Å². The van der Waals surface area contributed by atoms with Gasteiger partial charge in [-0.15, -0.1) is 0 Å². The van der Waals surface area contributed by atoms with Crippen LogP contribution >= 0.6 is 0 Å². The first-order chi connectivity index (χ1) is 19.2. The van der Waals surface area contributed by atoms with E-state index in [2.05, 4.69) is 150 Å². The second-order valence-corrected chi connectivity index (χ2v) is 10.4. The van der Waals surface area contributed by atoms with Crippen LogP contribution in [0.15, 0.2) is 133 Å². The average molecular weight is 499 g/mol. The zero-order chi connectivity index (χ0) is 25.9. The number of aromatic nitrogens is 1. The standard InChI is InChI=1S/C37H26N2/c1-24-20-26(22-27(21-24)39-36-16-8-6-14-33(36)34-15-7-9-17-37(34)39)38-25-18-19-32-30-12-3-2-10-28(30)29-11-4-5-13-31(29)35(32)23-25/h2-23,38H,1H3. The molecule has 7 aromatic carbocycles. The largest absolute Gasteiger partial charge is 0.355 e. The Labute approximate surface area is 226 Å². The zero-order valence-electron chi connectivity index (χ0n) is 21.6. The molecule has 8 rings (SSSR count). The van der Waals surface area contributed by atoms with Crippen molar-refractivity contribution in [2.24, 2.45) is 0 Å². The molecule has 0 unspecified atom stereocenters. The van der Waals surface area contributed by atoms with E-state index in [4.69, 9.17) is 0 Å². The Morgan fingerprint density at radius 1 is 0.410 bits per heavy atom. The first-order valence-corrected chi connectivity index (χ1v) is 13.5. The van der Waals surface area contributed by atoms with Crippen LogP contribution in [0.1, 0.15) is 5.56 Å². The van der Waals surface area contributed by atoms with Crippen molar-refractivity contribution < 1.29 is 0 Å². The molecular weight excluding hydrogens is 472 g/mol. The third kappa shape index (κ3) is 3.42. The molecule has 0 saturated heterocycles. The molecule has 184 valence electrons. The van der Waals surface area contributed by atoms with Gasteiger partial charge in [0.1, 0.15) is 0 Å². The number of rotatable bonds is 3. The fourth-order valence-electron chi connectivity index (χ4n) is 6.32. The Morgan fingerprint density at radius 3 is 1.49 bits per heavy atom. The van der Waals surface area contributed by atoms with Crippen molar-refractivity contribution in [1.82, 2.24) is 4.57 Å². The van der Waals surface area contributed by atoms with Crippen LogP contribution in [0, 0.1) is 6.92 Å². The minimum atomic E-state index is 1.08. The van der Waals surface area contributed by atoms with Crippen LogP contribution in [0.25, 0.3) is 59.8 Å². The number of hydrogen-bond acceptors (Lipinski definition) is 1. The molecule has 2 heteroatoms. The lowest BCUT2D eigenvalue weighted by atomic mass is 9.94. The van der Waals surface area contributed by atoms with Gasteiger partial charge in [-0.1, -0.05) is 91.0 Å². The molecule has 0 aliphatic rings. The molecule has 1 N–H and O–H groups in total. The molecule has 0 aliphatic heterocycles. The van der Waals surface area contributed by atoms with Crippen molar-refractivity contribution in [3.05, 3.63) is 139 Å². The van der Waals surface area contributed by atoms with E-state index < -0.39 is 0 Å². The molecule has 8 aromatic rings. The molecule has 0 aliphatic carbocycles. The molecule has 0 bridgehead atoms. The van der Waals surface area contributed by atoms with E-state index in [1.165, 1.54) is 59.7 Å². The van der Waals surface area contributed by atoms with Crippen molar-refractivity contribution in [2.45, 2.75) is 6.92 Å². The fourth-order valence-corrected chi connectivity index (χ4v) is 6.32. The van der Waals surface area contributed by atoms with Crippen molar-refractivity contribution in [3.8, 4) is 5.69 Å². The number of hydrogen-bond donors (Lipinski definition) is 1. The van der Waals surface area contributed by atoms with Crippen LogP contribution in [-0.4, -0.2) is 4.57 Å². The number of nitrogens with one attached hydrogen (secondary N) is 1. The minimum absolute atomic E-state index is 1.08. The summed E-state index contributed by atoms with van der Waals surface area (Å²) in [6.45, 7) is 2.17. The SMILES string of the molecule is Cc1cc(Nc2ccc3c4ccccc4c4ccccc4c3c2)cc(-n2c3ccccc3c3ccccc32)c1. The van der Waals surface area contributed by atoms with E-state index in [9.17, 15) is 0 Å². The molecule has 39 heavy (non-hydrogen) atoms. The molecule has 0 spiro atoms. The third-order valence-electron chi connectivity index (χ3n) is 7.93. The Hall–Kier alpha value is -5.08. The van der Waals surface area contributed by atoms with Gasteiger partial charge in [-0.3, -0.25) is 0 Å². The Morgan fingerprint density at radius 2 is 0.897 bits per heavy atom. The summed E-state index contributed by atoms with van der Waals surface area (Å²) in [6, 6.07) is 48.3. The maximum absolute atomic E-state index is 3.73. The quantitative estimate of drug-likeness (QED) is 0.240. The van der Waals surface area contributed by atoms with E-state index in [0.717, 1.165) is 17.1 Å². The molecule has 1 aromatic heterocycles. The summed E-state index contributed by atoms with van der Waals surface area (Å²) in [7, 11) is 0. The number of benzene rings is 7. The summed E-state index contributed by atoms with van der Waals surface area (Å²) in [4.78, 5) is 0. The lowest BCUT2D eigenvalue weighted by Crippen LogP contribution is -1.98. The topological polar surface area (TPSA) is 17.0 Å². The first kappa shape index (κ1) is 22.0. The predicted octanol–water partition coefficient (Wildman–Crippen LogP) is 10.3. The predicted molar refractivity (Wildman–Crippen MR) is 168 cm³/mol. The number of aryl methyl sites for hydroxylation is 1. The second kappa shape index (κ2) is 8.47. The van der Waals surface area contributed by atoms with Gasteiger partial charge in [0, 0.05) is 27.8 Å². The van der Waals surface area contributed by atoms with Gasteiger partial charge in [-0.25, -0.2) is 0 Å². The molecule has 0 fully saturated rings. The third-order valence-corrected chi connectivity index (χ3v) is 7.93. The van der Waals surface area contributed by atoms with Crippen LogP contribution in [0.5, 0.6) is 0 Å². The first-order valence-electron chi connectivity index (χ1n) is 13.5. The highest BCUT2D eigenvalue weighted by atomic mass is 15.0. The van der Waals surface area contributed by atoms with E-state index in [1.807, 2.05) is 0 Å². The van der Waals surface area contributed by atoms with Gasteiger partial charge in [-0.05, 0) is 87.3 Å². The monoisotopic (exact) mass is 498 g/mol. The molecular formula is C37H26N2. The lowest BCUT2D eigenvalue weighted by Gasteiger charge is -2.15. The van der Waals surface area contributed by atoms with Gasteiger partial charge in [0.2, 0.25) is 0 Å². The summed E-state index contributed by atoms with van der Waals surface area (Å²) in [6.07, 6.45) is 0. The smallest absolute Gasteiger partial charge is 0.0541 e. The molecule has 1 heterocycles. The molecule has 2 nitrogen and oxygen atoms in total. The molecule has 0 atom stereocenters. The summed E-state index contributed by atoms with van der Waals surface area (Å²) in [5, 5.41) is 14.0. The Kier molecular flexibility index (Phi) is 4.77. The fraction of sp³-hybridized carbons (Fsp3) is 0.0270. The summed E-state index contributed by atoms with van der Waals surface area (Å²) >= 11 is 0. The van der Waals surface area contributed by atoms with Gasteiger partial charge >= 0.3 is 0 Å². The normalized spacial score (nSPS) is 11.7. The van der Waals surface area contributed by atoms with Crippen LogP contribution in [0.3, 0.4) is 0 Å². The maximum atomic E-state index is 3.73. The van der Waals surface area contributed by atoms with Gasteiger partial charge in [0.25, 0.3) is 0 Å². The number of para-hydroxylation sites is 2. The maximum Gasteiger partial charge on any atom is 0.0541 e. The Bertz CT molecular complexity index is 2130. The van der Waals surface area contributed by atoms with E-state index in [-0.39, 0.29) is 0 Å². The summed E-state index contributed by atoms with van der Waals surface area (Å²) in [5.41, 5.74) is 6.98. The highest BCUT2D eigenvalue weighted by Crippen LogP contribution is 2.37. The molecule has 0 radical (unpaired) electrons. The highest BCUT2D eigenvalue weighted by molar-refractivity contribution is 6.25. The number of anilines is 2. The second-order valence-electron chi connectivity index (χ2n) is 10.4. The van der Waals surface area contributed by atoms with Crippen LogP contribution in [0.2, 0.25) is 0 Å². The van der Waals surface area contributed by atoms with Gasteiger partial charge in [0.05, 0.1) is 11.0 Å². The highest BCUT2D eigenvalue weighted by Gasteiger charge is 2.13. The summed E-state index contributed by atoms with van der Waals surface area (Å²) in [5.74, 6) is 0. The molecule has 0 amide bonds. The van der Waals surface area contributed by atoms with E-state index >= 15 is 0 Å². The zero-order valence-corrected chi connectivity index (χ0v) is 21.6. The van der Waals surface area contributed by atoms with Crippen molar-refractivity contribution >= 4 is 65.5 Å². The van der Waals surface area contributed by atoms with Crippen LogP contribution in [-0.2, 0) is 0 Å². The van der Waals surface area contributed by atoms with Gasteiger partial charge in [-0.2, -0.15) is 0 Å². The van der Waals surface area contributed by atoms with Crippen molar-refractivity contribution in [2.75, 3.05) is 5.32 Å². The minimum Gasteiger partial charge on any atom is -0.355 e. The van der Waals surface area contributed by atoms with Crippen LogP contribution in [0.4, 0.5) is 11.4 Å². The van der Waals surface area contributed by atoms with Crippen molar-refractivity contribution in [3.63, 3.8) is 0 Å². The summed E-state index contributed by atoms with van der Waals surface area (Å²) < 4.78 is 2.38.